The van der Waals surface area contributed by atoms with Crippen molar-refractivity contribution in [3.8, 4) is 11.3 Å². The van der Waals surface area contributed by atoms with Crippen LogP contribution >= 0.6 is 11.6 Å². The number of esters is 1. The van der Waals surface area contributed by atoms with Crippen LogP contribution in [-0.4, -0.2) is 22.5 Å². The van der Waals surface area contributed by atoms with Crippen molar-refractivity contribution in [1.29, 1.82) is 0 Å². The van der Waals surface area contributed by atoms with Gasteiger partial charge in [-0.1, -0.05) is 17.7 Å². The minimum absolute atomic E-state index is 0.0865. The maximum absolute atomic E-state index is 13.8. The lowest BCUT2D eigenvalue weighted by Gasteiger charge is -2.05. The number of aromatic amines is 1. The molecule has 2 rings (SSSR count). The number of carbonyl (C=O) groups excluding carboxylic acids is 1. The quantitative estimate of drug-likeness (QED) is 0.871. The van der Waals surface area contributed by atoms with Crippen LogP contribution in [0.15, 0.2) is 24.5 Å². The van der Waals surface area contributed by atoms with Crippen LogP contribution in [0.1, 0.15) is 17.4 Å². The van der Waals surface area contributed by atoms with E-state index in [1.165, 1.54) is 24.5 Å². The molecule has 0 saturated carbocycles. The largest absolute Gasteiger partial charge is 0.461 e. The Morgan fingerprint density at radius 3 is 3.00 bits per heavy atom. The van der Waals surface area contributed by atoms with E-state index in [-0.39, 0.29) is 28.6 Å². The third-order valence-corrected chi connectivity index (χ3v) is 2.63. The second kappa shape index (κ2) is 5.18. The van der Waals surface area contributed by atoms with Crippen molar-refractivity contribution in [2.45, 2.75) is 6.92 Å². The maximum atomic E-state index is 13.8. The van der Waals surface area contributed by atoms with Gasteiger partial charge in [-0.3, -0.25) is 0 Å². The van der Waals surface area contributed by atoms with Crippen LogP contribution in [-0.2, 0) is 4.74 Å². The molecular weight excluding hydrogens is 259 g/mol. The number of benzene rings is 1. The monoisotopic (exact) mass is 268 g/mol. The molecule has 0 amide bonds. The molecule has 1 aromatic heterocycles. The van der Waals surface area contributed by atoms with Gasteiger partial charge in [0.2, 0.25) is 0 Å². The molecule has 0 aliphatic rings. The first-order chi connectivity index (χ1) is 8.65. The fraction of sp³-hybridized carbons (Fsp3) is 0.167. The SMILES string of the molecule is CCOC(=O)c1[nH]cnc1-c1c(F)cccc1Cl. The number of rotatable bonds is 3. The number of nitrogens with zero attached hydrogens (tertiary/aromatic N) is 1. The first-order valence-corrected chi connectivity index (χ1v) is 5.67. The minimum Gasteiger partial charge on any atom is -0.461 e. The first-order valence-electron chi connectivity index (χ1n) is 5.30. The van der Waals surface area contributed by atoms with Crippen LogP contribution in [0.25, 0.3) is 11.3 Å². The number of H-pyrrole nitrogens is 1. The Hall–Kier alpha value is -1.88. The fourth-order valence-corrected chi connectivity index (χ4v) is 1.82. The predicted molar refractivity (Wildman–Crippen MR) is 64.9 cm³/mol. The van der Waals surface area contributed by atoms with Gasteiger partial charge in [0, 0.05) is 0 Å². The molecule has 18 heavy (non-hydrogen) atoms. The van der Waals surface area contributed by atoms with Crippen LogP contribution in [0.4, 0.5) is 4.39 Å². The summed E-state index contributed by atoms with van der Waals surface area (Å²) in [4.78, 5) is 18.2. The molecule has 6 heteroatoms. The summed E-state index contributed by atoms with van der Waals surface area (Å²) in [6.07, 6.45) is 1.30. The highest BCUT2D eigenvalue weighted by atomic mass is 35.5. The van der Waals surface area contributed by atoms with E-state index in [1.54, 1.807) is 6.92 Å². The molecule has 0 atom stereocenters. The normalized spacial score (nSPS) is 10.4. The van der Waals surface area contributed by atoms with E-state index in [1.807, 2.05) is 0 Å². The highest BCUT2D eigenvalue weighted by Crippen LogP contribution is 2.31. The smallest absolute Gasteiger partial charge is 0.357 e. The van der Waals surface area contributed by atoms with E-state index in [9.17, 15) is 9.18 Å². The standard InChI is InChI=1S/C12H10ClFN2O2/c1-2-18-12(17)11-10(15-6-16-11)9-7(13)4-3-5-8(9)14/h3-6H,2H2,1H3,(H,15,16). The second-order valence-electron chi connectivity index (χ2n) is 3.44. The van der Waals surface area contributed by atoms with E-state index in [0.717, 1.165) is 0 Å². The Labute approximate surface area is 108 Å². The molecule has 4 nitrogen and oxygen atoms in total. The molecular formula is C12H10ClFN2O2. The van der Waals surface area contributed by atoms with E-state index in [4.69, 9.17) is 16.3 Å². The second-order valence-corrected chi connectivity index (χ2v) is 3.85. The molecule has 0 spiro atoms. The summed E-state index contributed by atoms with van der Waals surface area (Å²) in [5.74, 6) is -1.13. The zero-order chi connectivity index (χ0) is 13.1. The molecule has 0 bridgehead atoms. The predicted octanol–water partition coefficient (Wildman–Crippen LogP) is 3.05. The van der Waals surface area contributed by atoms with Gasteiger partial charge < -0.3 is 9.72 Å². The van der Waals surface area contributed by atoms with Gasteiger partial charge in [-0.2, -0.15) is 0 Å². The zero-order valence-corrected chi connectivity index (χ0v) is 10.3. The van der Waals surface area contributed by atoms with Gasteiger partial charge >= 0.3 is 5.97 Å². The topological polar surface area (TPSA) is 55.0 Å². The number of halogens is 2. The fourth-order valence-electron chi connectivity index (χ4n) is 1.57. The van der Waals surface area contributed by atoms with Crippen molar-refractivity contribution < 1.29 is 13.9 Å². The summed E-state index contributed by atoms with van der Waals surface area (Å²) in [5, 5.41) is 0.188. The number of ether oxygens (including phenoxy) is 1. The molecule has 1 heterocycles. The van der Waals surface area contributed by atoms with Gasteiger partial charge in [0.1, 0.15) is 11.5 Å². The van der Waals surface area contributed by atoms with Crippen molar-refractivity contribution >= 4 is 17.6 Å². The number of nitrogens with one attached hydrogen (secondary N) is 1. The number of aromatic nitrogens is 2. The maximum Gasteiger partial charge on any atom is 0.357 e. The summed E-state index contributed by atoms with van der Waals surface area (Å²) in [6.45, 7) is 1.91. The van der Waals surface area contributed by atoms with E-state index in [0.29, 0.717) is 0 Å². The van der Waals surface area contributed by atoms with Crippen LogP contribution in [0, 0.1) is 5.82 Å². The van der Waals surface area contributed by atoms with E-state index < -0.39 is 11.8 Å². The molecule has 1 N–H and O–H groups in total. The first kappa shape index (κ1) is 12.6. The number of carbonyl (C=O) groups is 1. The number of hydrogen-bond acceptors (Lipinski definition) is 3. The third-order valence-electron chi connectivity index (χ3n) is 2.32. The Morgan fingerprint density at radius 2 is 2.33 bits per heavy atom. The van der Waals surface area contributed by atoms with Gasteiger partial charge in [-0.05, 0) is 19.1 Å². The van der Waals surface area contributed by atoms with Gasteiger partial charge in [0.25, 0.3) is 0 Å². The van der Waals surface area contributed by atoms with Gasteiger partial charge in [-0.15, -0.1) is 0 Å². The molecule has 0 fully saturated rings. The lowest BCUT2D eigenvalue weighted by molar-refractivity contribution is 0.0521. The molecule has 2 aromatic rings. The van der Waals surface area contributed by atoms with Gasteiger partial charge in [0.15, 0.2) is 5.69 Å². The van der Waals surface area contributed by atoms with Crippen molar-refractivity contribution in [3.63, 3.8) is 0 Å². The average molecular weight is 269 g/mol. The Morgan fingerprint density at radius 1 is 1.56 bits per heavy atom. The molecule has 0 unspecified atom stereocenters. The van der Waals surface area contributed by atoms with Crippen molar-refractivity contribution in [1.82, 2.24) is 9.97 Å². The molecule has 0 aliphatic heterocycles. The third kappa shape index (κ3) is 2.22. The Kier molecular flexibility index (Phi) is 3.62. The van der Waals surface area contributed by atoms with Crippen LogP contribution in [0.2, 0.25) is 5.02 Å². The molecule has 0 radical (unpaired) electrons. The van der Waals surface area contributed by atoms with Crippen LogP contribution in [0.3, 0.4) is 0 Å². The highest BCUT2D eigenvalue weighted by Gasteiger charge is 2.21. The summed E-state index contributed by atoms with van der Waals surface area (Å²) >= 11 is 5.93. The van der Waals surface area contributed by atoms with Crippen LogP contribution in [0.5, 0.6) is 0 Å². The van der Waals surface area contributed by atoms with E-state index in [2.05, 4.69) is 9.97 Å². The van der Waals surface area contributed by atoms with E-state index >= 15 is 0 Å². The van der Waals surface area contributed by atoms with Crippen LogP contribution < -0.4 is 0 Å². The average Bonchev–Trinajstić information content (AvgIpc) is 2.78. The molecule has 0 aliphatic carbocycles. The van der Waals surface area contributed by atoms with Crippen molar-refractivity contribution in [2.24, 2.45) is 0 Å². The number of imidazole rings is 1. The lowest BCUT2D eigenvalue weighted by atomic mass is 10.1. The van der Waals surface area contributed by atoms with Crippen molar-refractivity contribution in [2.75, 3.05) is 6.61 Å². The summed E-state index contributed by atoms with van der Waals surface area (Å²) in [7, 11) is 0. The Balaban J connectivity index is 2.52. The Bertz CT molecular complexity index is 563. The molecule has 94 valence electrons. The zero-order valence-electron chi connectivity index (χ0n) is 9.54. The summed E-state index contributed by atoms with van der Waals surface area (Å²) in [5.41, 5.74) is 0.323. The minimum atomic E-state index is -0.593. The van der Waals surface area contributed by atoms with Gasteiger partial charge in [-0.25, -0.2) is 14.2 Å². The summed E-state index contributed by atoms with van der Waals surface area (Å²) < 4.78 is 18.6. The highest BCUT2D eigenvalue weighted by molar-refractivity contribution is 6.33. The lowest BCUT2D eigenvalue weighted by Crippen LogP contribution is -2.07. The van der Waals surface area contributed by atoms with Gasteiger partial charge in [0.05, 0.1) is 23.5 Å². The molecule has 1 aromatic carbocycles. The molecule has 0 saturated heterocycles. The summed E-state index contributed by atoms with van der Waals surface area (Å²) in [6, 6.07) is 4.27. The van der Waals surface area contributed by atoms with Crippen molar-refractivity contribution in [3.05, 3.63) is 41.1 Å². The number of hydrogen-bond donors (Lipinski definition) is 1.